The predicted octanol–water partition coefficient (Wildman–Crippen LogP) is 3.82. The molecule has 2 aliphatic rings. The third-order valence-electron chi connectivity index (χ3n) is 5.95. The van der Waals surface area contributed by atoms with Gasteiger partial charge in [-0.1, -0.05) is 49.4 Å². The van der Waals surface area contributed by atoms with Crippen molar-refractivity contribution in [2.45, 2.75) is 26.4 Å². The molecule has 2 aromatic carbocycles. The van der Waals surface area contributed by atoms with Crippen LogP contribution in [0.4, 0.5) is 5.69 Å². The Kier molecular flexibility index (Phi) is 5.55. The minimum absolute atomic E-state index is 0.0121. The summed E-state index contributed by atoms with van der Waals surface area (Å²) in [6.45, 7) is 3.47. The summed E-state index contributed by atoms with van der Waals surface area (Å²) < 4.78 is 5.31. The number of ketones is 1. The third kappa shape index (κ3) is 3.81. The number of amides is 2. The molecule has 6 nitrogen and oxygen atoms in total. The molecule has 2 aromatic rings. The Labute approximate surface area is 180 Å². The largest absolute Gasteiger partial charge is 0.451 e. The number of Topliss-reactive ketones (excluding diaryl/α,β-unsaturated/α-hetero) is 1. The number of carbonyl (C=O) groups excluding carboxylic acids is 4. The van der Waals surface area contributed by atoms with E-state index in [0.29, 0.717) is 17.7 Å². The van der Waals surface area contributed by atoms with Gasteiger partial charge in [0.1, 0.15) is 0 Å². The minimum Gasteiger partial charge on any atom is -0.451 e. The van der Waals surface area contributed by atoms with Crippen molar-refractivity contribution in [2.75, 3.05) is 4.90 Å². The van der Waals surface area contributed by atoms with Gasteiger partial charge in [0.05, 0.1) is 23.1 Å². The number of allylic oxidation sites excluding steroid dienone is 2. The molecule has 1 heterocycles. The molecule has 1 fully saturated rings. The molecule has 4 atom stereocenters. The molecule has 31 heavy (non-hydrogen) atoms. The maximum absolute atomic E-state index is 12.9. The van der Waals surface area contributed by atoms with E-state index >= 15 is 0 Å². The summed E-state index contributed by atoms with van der Waals surface area (Å²) in [4.78, 5) is 51.8. The van der Waals surface area contributed by atoms with E-state index in [2.05, 4.69) is 0 Å². The predicted molar refractivity (Wildman–Crippen MR) is 114 cm³/mol. The van der Waals surface area contributed by atoms with E-state index in [9.17, 15) is 19.2 Å². The van der Waals surface area contributed by atoms with E-state index in [1.165, 1.54) is 24.0 Å². The Bertz CT molecular complexity index is 1060. The van der Waals surface area contributed by atoms with Crippen LogP contribution < -0.4 is 4.90 Å². The van der Waals surface area contributed by atoms with E-state index in [1.54, 1.807) is 42.5 Å². The van der Waals surface area contributed by atoms with Crippen LogP contribution in [0.2, 0.25) is 0 Å². The molecular weight excluding hydrogens is 394 g/mol. The first-order valence-corrected chi connectivity index (χ1v) is 10.3. The van der Waals surface area contributed by atoms with Gasteiger partial charge in [0.2, 0.25) is 17.6 Å². The molecule has 0 bridgehead atoms. The van der Waals surface area contributed by atoms with E-state index in [0.717, 1.165) is 0 Å². The average Bonchev–Trinajstić information content (AvgIpc) is 3.05. The number of anilines is 1. The van der Waals surface area contributed by atoms with Crippen LogP contribution in [-0.4, -0.2) is 29.7 Å². The molecule has 0 N–H and O–H groups in total. The zero-order valence-corrected chi connectivity index (χ0v) is 17.4. The summed E-state index contributed by atoms with van der Waals surface area (Å²) in [5, 5.41) is 0. The minimum atomic E-state index is -0.937. The van der Waals surface area contributed by atoms with Gasteiger partial charge in [0.25, 0.3) is 0 Å². The van der Waals surface area contributed by atoms with E-state index in [-0.39, 0.29) is 40.9 Å². The molecular formula is C25H23NO5. The van der Waals surface area contributed by atoms with Crippen LogP contribution in [0.25, 0.3) is 0 Å². The van der Waals surface area contributed by atoms with Gasteiger partial charge in [-0.05, 0) is 43.5 Å². The lowest BCUT2D eigenvalue weighted by atomic mass is 9.78. The second-order valence-corrected chi connectivity index (χ2v) is 7.99. The highest BCUT2D eigenvalue weighted by Gasteiger charge is 2.50. The first kappa shape index (κ1) is 20.7. The molecule has 158 valence electrons. The number of benzene rings is 2. The van der Waals surface area contributed by atoms with Crippen molar-refractivity contribution in [1.82, 2.24) is 0 Å². The van der Waals surface area contributed by atoms with Crippen molar-refractivity contribution in [2.24, 2.45) is 17.8 Å². The Morgan fingerprint density at radius 3 is 2.29 bits per heavy atom. The number of nitrogens with zero attached hydrogens (tertiary/aromatic N) is 1. The van der Waals surface area contributed by atoms with Gasteiger partial charge in [-0.25, -0.2) is 4.79 Å². The lowest BCUT2D eigenvalue weighted by Gasteiger charge is -2.22. The number of hydrogen-bond donors (Lipinski definition) is 0. The summed E-state index contributed by atoms with van der Waals surface area (Å²) in [7, 11) is 0. The standard InChI is InChI=1S/C25H23NO5/c1-15-7-6-10-20-21(15)24(29)26(23(20)28)19-13-11-18(12-14-19)25(30)31-16(2)22(27)17-8-4-3-5-9-17/h3-9,11-16,20-21H,10H2,1-2H3. The van der Waals surface area contributed by atoms with Gasteiger partial charge >= 0.3 is 5.97 Å². The summed E-state index contributed by atoms with van der Waals surface area (Å²) in [5.74, 6) is -2.00. The fourth-order valence-electron chi connectivity index (χ4n) is 4.27. The number of esters is 1. The van der Waals surface area contributed by atoms with Gasteiger partial charge < -0.3 is 4.74 Å². The molecule has 0 radical (unpaired) electrons. The fraction of sp³-hybridized carbons (Fsp3) is 0.280. The topological polar surface area (TPSA) is 80.8 Å². The van der Waals surface area contributed by atoms with Crippen LogP contribution in [0, 0.1) is 17.8 Å². The van der Waals surface area contributed by atoms with Gasteiger partial charge in [-0.15, -0.1) is 0 Å². The normalized spacial score (nSPS) is 23.4. The Morgan fingerprint density at radius 1 is 0.968 bits per heavy atom. The zero-order valence-electron chi connectivity index (χ0n) is 17.4. The maximum atomic E-state index is 12.9. The number of ether oxygens (including phenoxy) is 1. The number of rotatable bonds is 5. The highest BCUT2D eigenvalue weighted by molar-refractivity contribution is 6.22. The van der Waals surface area contributed by atoms with E-state index < -0.39 is 12.1 Å². The van der Waals surface area contributed by atoms with Crippen molar-refractivity contribution >= 4 is 29.3 Å². The van der Waals surface area contributed by atoms with Crippen molar-refractivity contribution in [3.63, 3.8) is 0 Å². The van der Waals surface area contributed by atoms with Crippen LogP contribution in [0.1, 0.15) is 41.0 Å². The summed E-state index contributed by atoms with van der Waals surface area (Å²) in [6.07, 6.45) is 3.56. The molecule has 2 amide bonds. The summed E-state index contributed by atoms with van der Waals surface area (Å²) in [6, 6.07) is 14.7. The smallest absolute Gasteiger partial charge is 0.338 e. The summed E-state index contributed by atoms with van der Waals surface area (Å²) >= 11 is 0. The van der Waals surface area contributed by atoms with Crippen LogP contribution in [0.5, 0.6) is 0 Å². The summed E-state index contributed by atoms with van der Waals surface area (Å²) in [5.41, 5.74) is 1.14. The van der Waals surface area contributed by atoms with Crippen molar-refractivity contribution < 1.29 is 23.9 Å². The Balaban J connectivity index is 1.46. The highest BCUT2D eigenvalue weighted by atomic mass is 16.5. The lowest BCUT2D eigenvalue weighted by Crippen LogP contribution is -2.31. The lowest BCUT2D eigenvalue weighted by molar-refractivity contribution is -0.122. The van der Waals surface area contributed by atoms with Gasteiger partial charge in [-0.2, -0.15) is 0 Å². The monoisotopic (exact) mass is 417 g/mol. The average molecular weight is 417 g/mol. The number of hydrogen-bond acceptors (Lipinski definition) is 5. The third-order valence-corrected chi connectivity index (χ3v) is 5.95. The van der Waals surface area contributed by atoms with Crippen molar-refractivity contribution in [3.8, 4) is 0 Å². The van der Waals surface area contributed by atoms with Crippen molar-refractivity contribution in [1.29, 1.82) is 0 Å². The maximum Gasteiger partial charge on any atom is 0.338 e. The Hall–Kier alpha value is -3.54. The second kappa shape index (κ2) is 8.30. The molecule has 1 aliphatic heterocycles. The molecule has 1 aliphatic carbocycles. The molecule has 0 spiro atoms. The first-order chi connectivity index (χ1) is 14.9. The molecule has 0 aromatic heterocycles. The fourth-order valence-corrected chi connectivity index (χ4v) is 4.27. The van der Waals surface area contributed by atoms with E-state index in [1.807, 2.05) is 19.1 Å². The van der Waals surface area contributed by atoms with Gasteiger partial charge in [0, 0.05) is 5.56 Å². The van der Waals surface area contributed by atoms with Crippen LogP contribution in [0.3, 0.4) is 0 Å². The quantitative estimate of drug-likeness (QED) is 0.320. The molecule has 1 saturated heterocycles. The molecule has 0 saturated carbocycles. The van der Waals surface area contributed by atoms with E-state index in [4.69, 9.17) is 4.74 Å². The first-order valence-electron chi connectivity index (χ1n) is 10.3. The SMILES string of the molecule is CC(OC(=O)c1ccc(N2C(=O)C3CC=CC(C)C3C2=O)cc1)C(=O)c1ccccc1. The van der Waals surface area contributed by atoms with Crippen molar-refractivity contribution in [3.05, 3.63) is 77.9 Å². The number of imide groups is 1. The zero-order chi connectivity index (χ0) is 22.1. The molecule has 4 unspecified atom stereocenters. The molecule has 6 heteroatoms. The van der Waals surface area contributed by atoms with Crippen LogP contribution in [-0.2, 0) is 14.3 Å². The number of carbonyl (C=O) groups is 4. The van der Waals surface area contributed by atoms with Gasteiger partial charge in [-0.3, -0.25) is 19.3 Å². The highest BCUT2D eigenvalue weighted by Crippen LogP contribution is 2.40. The van der Waals surface area contributed by atoms with Crippen LogP contribution in [0.15, 0.2) is 66.7 Å². The Morgan fingerprint density at radius 2 is 1.65 bits per heavy atom. The van der Waals surface area contributed by atoms with Gasteiger partial charge in [0.15, 0.2) is 6.10 Å². The van der Waals surface area contributed by atoms with Crippen LogP contribution >= 0.6 is 0 Å². The molecule has 4 rings (SSSR count). The second-order valence-electron chi connectivity index (χ2n) is 7.99. The number of fused-ring (bicyclic) bond motifs is 1.